The third kappa shape index (κ3) is 3.34. The number of aromatic amines is 2. The Balaban J connectivity index is 1.49. The Morgan fingerprint density at radius 3 is 2.87 bits per heavy atom. The first kappa shape index (κ1) is 19.3. The maximum Gasteiger partial charge on any atom is 0.180 e. The van der Waals surface area contributed by atoms with Crippen LogP contribution >= 0.6 is 0 Å². The van der Waals surface area contributed by atoms with E-state index in [1.54, 1.807) is 12.3 Å². The van der Waals surface area contributed by atoms with Gasteiger partial charge in [-0.15, -0.1) is 0 Å². The molecular formula is C23H24FN7. The number of rotatable bonds is 6. The predicted molar refractivity (Wildman–Crippen MR) is 120 cm³/mol. The molecular weight excluding hydrogens is 393 g/mol. The van der Waals surface area contributed by atoms with E-state index in [9.17, 15) is 4.39 Å². The van der Waals surface area contributed by atoms with E-state index in [2.05, 4.69) is 43.7 Å². The molecule has 0 saturated carbocycles. The number of fused-ring (bicyclic) bond motifs is 2. The predicted octanol–water partition coefficient (Wildman–Crippen LogP) is 4.83. The molecule has 0 atom stereocenters. The van der Waals surface area contributed by atoms with E-state index < -0.39 is 0 Å². The molecule has 0 amide bonds. The van der Waals surface area contributed by atoms with Crippen LogP contribution in [0.3, 0.4) is 0 Å². The van der Waals surface area contributed by atoms with Gasteiger partial charge in [-0.05, 0) is 37.0 Å². The molecule has 0 radical (unpaired) electrons. The van der Waals surface area contributed by atoms with Crippen molar-refractivity contribution in [1.82, 2.24) is 29.5 Å². The van der Waals surface area contributed by atoms with Gasteiger partial charge in [0, 0.05) is 53.0 Å². The monoisotopic (exact) mass is 417 g/mol. The molecule has 0 aliphatic rings. The highest BCUT2D eigenvalue weighted by molar-refractivity contribution is 5.83. The summed E-state index contributed by atoms with van der Waals surface area (Å²) in [6.45, 7) is 6.86. The zero-order chi connectivity index (χ0) is 21.5. The van der Waals surface area contributed by atoms with Crippen molar-refractivity contribution in [3.8, 4) is 11.3 Å². The number of anilines is 1. The zero-order valence-electron chi connectivity index (χ0n) is 17.7. The molecule has 158 valence electrons. The number of H-pyrrole nitrogens is 2. The standard InChI is InChI=1S/C23H24FN7/c1-13(2)20-11-27-23-22(29-19(12-31(20)23)16-10-28-30-14(16)3)25-8-7-15-9-26-18-6-4-5-17(24)21(15)18/h4-6,9-13,26H,7-8H2,1-3H3,(H,25,29)(H,28,30). The molecule has 0 unspecified atom stereocenters. The van der Waals surface area contributed by atoms with Crippen LogP contribution in [-0.4, -0.2) is 36.1 Å². The third-order valence-electron chi connectivity index (χ3n) is 5.64. The normalized spacial score (nSPS) is 11.8. The molecule has 5 aromatic rings. The van der Waals surface area contributed by atoms with Crippen molar-refractivity contribution >= 4 is 22.4 Å². The summed E-state index contributed by atoms with van der Waals surface area (Å²) in [7, 11) is 0. The van der Waals surface area contributed by atoms with Crippen LogP contribution in [0.5, 0.6) is 0 Å². The minimum atomic E-state index is -0.207. The van der Waals surface area contributed by atoms with Crippen LogP contribution in [0.15, 0.2) is 43.0 Å². The van der Waals surface area contributed by atoms with Crippen LogP contribution in [0.25, 0.3) is 27.8 Å². The van der Waals surface area contributed by atoms with E-state index in [1.165, 1.54) is 6.07 Å². The van der Waals surface area contributed by atoms with Crippen LogP contribution in [0, 0.1) is 12.7 Å². The number of hydrogen-bond donors (Lipinski definition) is 3. The molecule has 7 nitrogen and oxygen atoms in total. The minimum Gasteiger partial charge on any atom is -0.367 e. The first-order chi connectivity index (χ1) is 15.0. The van der Waals surface area contributed by atoms with Gasteiger partial charge in [0.25, 0.3) is 0 Å². The SMILES string of the molecule is Cc1[nH]ncc1-c1cn2c(C(C)C)cnc2c(NCCc2c[nH]c3cccc(F)c23)n1. The Kier molecular flexibility index (Phi) is 4.69. The Morgan fingerprint density at radius 1 is 1.23 bits per heavy atom. The molecule has 4 aromatic heterocycles. The smallest absolute Gasteiger partial charge is 0.180 e. The molecule has 0 fully saturated rings. The Hall–Kier alpha value is -3.68. The van der Waals surface area contributed by atoms with Gasteiger partial charge in [0.1, 0.15) is 5.82 Å². The first-order valence-electron chi connectivity index (χ1n) is 10.4. The van der Waals surface area contributed by atoms with Gasteiger partial charge in [-0.1, -0.05) is 19.9 Å². The highest BCUT2D eigenvalue weighted by Gasteiger charge is 2.16. The van der Waals surface area contributed by atoms with E-state index in [1.807, 2.05) is 31.6 Å². The largest absolute Gasteiger partial charge is 0.367 e. The molecule has 5 rings (SSSR count). The highest BCUT2D eigenvalue weighted by atomic mass is 19.1. The lowest BCUT2D eigenvalue weighted by Gasteiger charge is -2.12. The van der Waals surface area contributed by atoms with Gasteiger partial charge < -0.3 is 10.3 Å². The van der Waals surface area contributed by atoms with Gasteiger partial charge in [0.05, 0.1) is 11.9 Å². The van der Waals surface area contributed by atoms with Crippen LogP contribution in [-0.2, 0) is 6.42 Å². The van der Waals surface area contributed by atoms with E-state index >= 15 is 0 Å². The quantitative estimate of drug-likeness (QED) is 0.369. The lowest BCUT2D eigenvalue weighted by molar-refractivity contribution is 0.639. The summed E-state index contributed by atoms with van der Waals surface area (Å²) in [5, 5.41) is 11.2. The van der Waals surface area contributed by atoms with Gasteiger partial charge >= 0.3 is 0 Å². The van der Waals surface area contributed by atoms with Crippen molar-refractivity contribution in [3.05, 3.63) is 65.8 Å². The number of nitrogens with one attached hydrogen (secondary N) is 3. The van der Waals surface area contributed by atoms with Crippen LogP contribution in [0.4, 0.5) is 10.2 Å². The average molecular weight is 417 g/mol. The average Bonchev–Trinajstić information content (AvgIpc) is 3.46. The number of aromatic nitrogens is 6. The number of benzene rings is 1. The Bertz CT molecular complexity index is 1380. The van der Waals surface area contributed by atoms with E-state index in [0.717, 1.165) is 39.4 Å². The van der Waals surface area contributed by atoms with Gasteiger partial charge in [0.15, 0.2) is 11.5 Å². The number of hydrogen-bond acceptors (Lipinski definition) is 4. The van der Waals surface area contributed by atoms with Crippen molar-refractivity contribution in [3.63, 3.8) is 0 Å². The molecule has 31 heavy (non-hydrogen) atoms. The lowest BCUT2D eigenvalue weighted by Crippen LogP contribution is -2.09. The van der Waals surface area contributed by atoms with Crippen molar-refractivity contribution in [2.75, 3.05) is 11.9 Å². The fourth-order valence-corrected chi connectivity index (χ4v) is 4.01. The summed E-state index contributed by atoms with van der Waals surface area (Å²) < 4.78 is 16.4. The summed E-state index contributed by atoms with van der Waals surface area (Å²) in [6.07, 6.45) is 8.22. The van der Waals surface area contributed by atoms with Gasteiger partial charge in [0.2, 0.25) is 0 Å². The molecule has 3 N–H and O–H groups in total. The fourth-order valence-electron chi connectivity index (χ4n) is 4.01. The van der Waals surface area contributed by atoms with Crippen LogP contribution in [0.2, 0.25) is 0 Å². The van der Waals surface area contributed by atoms with E-state index in [4.69, 9.17) is 4.98 Å². The van der Waals surface area contributed by atoms with Gasteiger partial charge in [-0.25, -0.2) is 14.4 Å². The molecule has 8 heteroatoms. The Morgan fingerprint density at radius 2 is 2.10 bits per heavy atom. The van der Waals surface area contributed by atoms with Crippen molar-refractivity contribution in [2.45, 2.75) is 33.1 Å². The fraction of sp³-hybridized carbons (Fsp3) is 0.261. The van der Waals surface area contributed by atoms with E-state index in [-0.39, 0.29) is 5.82 Å². The number of halogens is 1. The molecule has 0 saturated heterocycles. The number of nitrogens with zero attached hydrogens (tertiary/aromatic N) is 4. The maximum absolute atomic E-state index is 14.3. The summed E-state index contributed by atoms with van der Waals surface area (Å²) in [6, 6.07) is 5.09. The van der Waals surface area contributed by atoms with Crippen molar-refractivity contribution < 1.29 is 4.39 Å². The number of aryl methyl sites for hydroxylation is 1. The lowest BCUT2D eigenvalue weighted by atomic mass is 10.1. The van der Waals surface area contributed by atoms with Crippen LogP contribution in [0.1, 0.15) is 36.7 Å². The highest BCUT2D eigenvalue weighted by Crippen LogP contribution is 2.27. The van der Waals surface area contributed by atoms with Crippen molar-refractivity contribution in [1.29, 1.82) is 0 Å². The maximum atomic E-state index is 14.3. The van der Waals surface area contributed by atoms with Crippen LogP contribution < -0.4 is 5.32 Å². The minimum absolute atomic E-state index is 0.207. The molecule has 0 aliphatic heterocycles. The second kappa shape index (κ2) is 7.54. The van der Waals surface area contributed by atoms with Gasteiger partial charge in [-0.3, -0.25) is 9.50 Å². The second-order valence-corrected chi connectivity index (χ2v) is 8.07. The topological polar surface area (TPSA) is 86.7 Å². The molecule has 1 aromatic carbocycles. The van der Waals surface area contributed by atoms with Crippen molar-refractivity contribution in [2.24, 2.45) is 0 Å². The van der Waals surface area contributed by atoms with Gasteiger partial charge in [-0.2, -0.15) is 5.10 Å². The second-order valence-electron chi connectivity index (χ2n) is 8.07. The summed E-state index contributed by atoms with van der Waals surface area (Å²) in [4.78, 5) is 12.6. The third-order valence-corrected chi connectivity index (χ3v) is 5.64. The summed E-state index contributed by atoms with van der Waals surface area (Å²) in [5.74, 6) is 0.810. The number of imidazole rings is 1. The summed E-state index contributed by atoms with van der Waals surface area (Å²) >= 11 is 0. The summed E-state index contributed by atoms with van der Waals surface area (Å²) in [5.41, 5.74) is 6.36. The first-order valence-corrected chi connectivity index (χ1v) is 10.4. The molecule has 0 aliphatic carbocycles. The van der Waals surface area contributed by atoms with E-state index in [0.29, 0.717) is 30.1 Å². The molecule has 4 heterocycles. The zero-order valence-corrected chi connectivity index (χ0v) is 17.7. The molecule has 0 spiro atoms. The molecule has 0 bridgehead atoms. The Labute approximate surface area is 178 Å².